The Balaban J connectivity index is 1.76. The molecule has 1 aliphatic heterocycles. The number of aliphatic hydroxyl groups is 2. The van der Waals surface area contributed by atoms with Gasteiger partial charge >= 0.3 is 0 Å². The van der Waals surface area contributed by atoms with Gasteiger partial charge in [-0.1, -0.05) is 12.1 Å². The summed E-state index contributed by atoms with van der Waals surface area (Å²) in [6, 6.07) is 8.52. The number of halogens is 1. The van der Waals surface area contributed by atoms with Crippen LogP contribution in [0.2, 0.25) is 0 Å². The van der Waals surface area contributed by atoms with Crippen molar-refractivity contribution in [2.24, 2.45) is 0 Å². The monoisotopic (exact) mass is 359 g/mol. The largest absolute Gasteiger partial charge is 0.503 e. The van der Waals surface area contributed by atoms with Crippen LogP contribution < -0.4 is 0 Å². The summed E-state index contributed by atoms with van der Waals surface area (Å²) in [5, 5.41) is 19.2. The third-order valence-corrected chi connectivity index (χ3v) is 4.33. The zero-order valence-electron chi connectivity index (χ0n) is 14.1. The molecule has 1 aromatic carbocycles. The number of benzene rings is 1. The van der Waals surface area contributed by atoms with Crippen LogP contribution in [0.3, 0.4) is 0 Å². The van der Waals surface area contributed by atoms with Crippen molar-refractivity contribution in [2.75, 3.05) is 13.2 Å². The number of Topliss-reactive ketones (excluding diaryl/α,β-unsaturated/α-hetero) is 1. The fourth-order valence-corrected chi connectivity index (χ4v) is 2.76. The molecule has 0 bridgehead atoms. The second-order valence-electron chi connectivity index (χ2n) is 6.19. The van der Waals surface area contributed by atoms with Gasteiger partial charge in [-0.25, -0.2) is 4.39 Å². The van der Waals surface area contributed by atoms with E-state index >= 15 is 0 Å². The van der Waals surface area contributed by atoms with Gasteiger partial charge in [-0.15, -0.1) is 0 Å². The second kappa shape index (κ2) is 7.13. The zero-order chi connectivity index (χ0) is 18.8. The maximum atomic E-state index is 12.9. The summed E-state index contributed by atoms with van der Waals surface area (Å²) in [4.78, 5) is 25.8. The van der Waals surface area contributed by atoms with Gasteiger partial charge in [0.15, 0.2) is 11.5 Å². The lowest BCUT2D eigenvalue weighted by Gasteiger charge is -2.22. The number of carbonyl (C=O) groups excluding carboxylic acids is 2. The van der Waals surface area contributed by atoms with Gasteiger partial charge in [0.05, 0.1) is 24.8 Å². The molecule has 136 valence electrons. The van der Waals surface area contributed by atoms with E-state index in [1.807, 2.05) is 0 Å². The summed E-state index contributed by atoms with van der Waals surface area (Å²) in [6.45, 7) is 1.26. The molecule has 2 aromatic rings. The highest BCUT2D eigenvalue weighted by atomic mass is 19.1. The van der Waals surface area contributed by atoms with E-state index in [0.717, 1.165) is 5.56 Å². The van der Waals surface area contributed by atoms with Gasteiger partial charge in [0, 0.05) is 6.42 Å². The molecule has 2 heterocycles. The number of amides is 1. The van der Waals surface area contributed by atoms with E-state index in [4.69, 9.17) is 4.42 Å². The summed E-state index contributed by atoms with van der Waals surface area (Å²) in [7, 11) is 0. The predicted molar refractivity (Wildman–Crippen MR) is 90.2 cm³/mol. The van der Waals surface area contributed by atoms with E-state index in [-0.39, 0.29) is 30.3 Å². The third-order valence-electron chi connectivity index (χ3n) is 4.33. The Labute approximate surface area is 149 Å². The Morgan fingerprint density at radius 2 is 1.96 bits per heavy atom. The highest BCUT2D eigenvalue weighted by Crippen LogP contribution is 2.24. The maximum Gasteiger partial charge on any atom is 0.289 e. The van der Waals surface area contributed by atoms with Crippen LogP contribution in [0.1, 0.15) is 28.8 Å². The molecule has 1 unspecified atom stereocenters. The van der Waals surface area contributed by atoms with Crippen LogP contribution in [0.25, 0.3) is 0 Å². The van der Waals surface area contributed by atoms with E-state index in [2.05, 4.69) is 0 Å². The highest BCUT2D eigenvalue weighted by molar-refractivity contribution is 6.14. The molecule has 1 aliphatic rings. The molecule has 1 aromatic heterocycles. The van der Waals surface area contributed by atoms with Crippen molar-refractivity contribution < 1.29 is 28.6 Å². The first-order valence-electron chi connectivity index (χ1n) is 8.12. The quantitative estimate of drug-likeness (QED) is 0.772. The zero-order valence-corrected chi connectivity index (χ0v) is 14.1. The lowest BCUT2D eigenvalue weighted by molar-refractivity contribution is -0.130. The van der Waals surface area contributed by atoms with Crippen LogP contribution in [-0.4, -0.2) is 46.0 Å². The summed E-state index contributed by atoms with van der Waals surface area (Å²) >= 11 is 0. The molecule has 6 nitrogen and oxygen atoms in total. The molecule has 2 N–H and O–H groups in total. The van der Waals surface area contributed by atoms with Gasteiger partial charge in [0.2, 0.25) is 5.78 Å². The van der Waals surface area contributed by atoms with Gasteiger partial charge in [-0.3, -0.25) is 9.59 Å². The van der Waals surface area contributed by atoms with Crippen LogP contribution in [0.4, 0.5) is 4.39 Å². The van der Waals surface area contributed by atoms with Crippen LogP contribution in [-0.2, 0) is 11.2 Å². The molecular formula is C19H18FNO5. The Morgan fingerprint density at radius 3 is 2.62 bits per heavy atom. The van der Waals surface area contributed by atoms with Crippen LogP contribution in [0.15, 0.2) is 52.1 Å². The van der Waals surface area contributed by atoms with E-state index in [9.17, 15) is 24.2 Å². The molecule has 0 saturated carbocycles. The molecular weight excluding hydrogens is 341 g/mol. The van der Waals surface area contributed by atoms with Crippen molar-refractivity contribution in [3.05, 3.63) is 70.6 Å². The molecule has 0 spiro atoms. The number of ketones is 1. The van der Waals surface area contributed by atoms with Crippen molar-refractivity contribution in [1.82, 2.24) is 4.90 Å². The van der Waals surface area contributed by atoms with Crippen LogP contribution >= 0.6 is 0 Å². The van der Waals surface area contributed by atoms with Gasteiger partial charge in [-0.2, -0.15) is 0 Å². The number of carbonyl (C=O) groups is 2. The number of rotatable bonds is 6. The normalized spacial score (nSPS) is 15.7. The molecule has 0 fully saturated rings. The lowest BCUT2D eigenvalue weighted by Crippen LogP contribution is -2.38. The number of aliphatic hydroxyl groups excluding tert-OH is 2. The molecule has 26 heavy (non-hydrogen) atoms. The van der Waals surface area contributed by atoms with Crippen molar-refractivity contribution >= 4 is 11.7 Å². The van der Waals surface area contributed by atoms with Crippen molar-refractivity contribution in [2.45, 2.75) is 19.4 Å². The summed E-state index contributed by atoms with van der Waals surface area (Å²) < 4.78 is 18.5. The molecule has 0 aliphatic carbocycles. The molecule has 1 atom stereocenters. The highest BCUT2D eigenvalue weighted by Gasteiger charge is 2.37. The molecule has 3 rings (SSSR count). The fourth-order valence-electron chi connectivity index (χ4n) is 2.76. The number of furan rings is 1. The number of hydrogen-bond donors (Lipinski definition) is 2. The maximum absolute atomic E-state index is 12.9. The van der Waals surface area contributed by atoms with Crippen molar-refractivity contribution in [1.29, 1.82) is 0 Å². The minimum atomic E-state index is -0.687. The minimum Gasteiger partial charge on any atom is -0.503 e. The first-order chi connectivity index (χ1) is 12.4. The Morgan fingerprint density at radius 1 is 1.27 bits per heavy atom. The van der Waals surface area contributed by atoms with E-state index in [0.29, 0.717) is 12.2 Å². The van der Waals surface area contributed by atoms with Crippen LogP contribution in [0, 0.1) is 5.82 Å². The third kappa shape index (κ3) is 3.39. The van der Waals surface area contributed by atoms with E-state index in [1.54, 1.807) is 25.1 Å². The lowest BCUT2D eigenvalue weighted by atomic mass is 10.1. The fraction of sp³-hybridized carbons (Fsp3) is 0.263. The summed E-state index contributed by atoms with van der Waals surface area (Å²) in [5.41, 5.74) is 0.763. The van der Waals surface area contributed by atoms with Gasteiger partial charge in [0.25, 0.3) is 5.91 Å². The van der Waals surface area contributed by atoms with Crippen molar-refractivity contribution in [3.63, 3.8) is 0 Å². The van der Waals surface area contributed by atoms with Gasteiger partial charge in [-0.05, 0) is 36.8 Å². The van der Waals surface area contributed by atoms with E-state index < -0.39 is 23.5 Å². The first-order valence-corrected chi connectivity index (χ1v) is 8.12. The molecule has 0 saturated heterocycles. The SMILES string of the molecule is CC(CO)N1CC(C(=O)c2ccc(Cc3ccc(F)cc3)o2)=C(O)C1=O. The Bertz CT molecular complexity index is 868. The summed E-state index contributed by atoms with van der Waals surface area (Å²) in [6.07, 6.45) is 0.380. The Hall–Kier alpha value is -2.93. The predicted octanol–water partition coefficient (Wildman–Crippen LogP) is 2.23. The van der Waals surface area contributed by atoms with Gasteiger partial charge in [0.1, 0.15) is 11.6 Å². The number of nitrogens with zero attached hydrogens (tertiary/aromatic N) is 1. The van der Waals surface area contributed by atoms with Crippen molar-refractivity contribution in [3.8, 4) is 0 Å². The summed E-state index contributed by atoms with van der Waals surface area (Å²) in [5.74, 6) is -1.70. The number of hydrogen-bond acceptors (Lipinski definition) is 5. The van der Waals surface area contributed by atoms with Crippen LogP contribution in [0.5, 0.6) is 0 Å². The van der Waals surface area contributed by atoms with Gasteiger partial charge < -0.3 is 19.5 Å². The van der Waals surface area contributed by atoms with E-state index in [1.165, 1.54) is 23.1 Å². The minimum absolute atomic E-state index is 0.00923. The second-order valence-corrected chi connectivity index (χ2v) is 6.19. The molecule has 1 amide bonds. The average Bonchev–Trinajstić information content (AvgIpc) is 3.22. The Kier molecular flexibility index (Phi) is 4.90. The smallest absolute Gasteiger partial charge is 0.289 e. The first kappa shape index (κ1) is 17.9. The molecule has 7 heteroatoms. The topological polar surface area (TPSA) is 91.0 Å². The average molecular weight is 359 g/mol. The molecule has 0 radical (unpaired) electrons. The standard InChI is InChI=1S/C19H18FNO5/c1-11(10-22)21-9-15(18(24)19(21)25)17(23)16-7-6-14(26-16)8-12-2-4-13(20)5-3-12/h2-7,11,22,24H,8-10H2,1H3.